The molecular formula is C26H28ClN3O. The lowest BCUT2D eigenvalue weighted by atomic mass is 10.0. The van der Waals surface area contributed by atoms with Gasteiger partial charge in [-0.1, -0.05) is 42.8 Å². The molecule has 5 heteroatoms. The summed E-state index contributed by atoms with van der Waals surface area (Å²) in [7, 11) is 5.96. The predicted octanol–water partition coefficient (Wildman–Crippen LogP) is 6.23. The normalized spacial score (nSPS) is 12.5. The van der Waals surface area contributed by atoms with Crippen LogP contribution < -0.4 is 4.74 Å². The van der Waals surface area contributed by atoms with Crippen LogP contribution in [0, 0.1) is 5.92 Å². The van der Waals surface area contributed by atoms with Crippen LogP contribution in [0.25, 0.3) is 33.2 Å². The fraction of sp³-hybridized carbons (Fsp3) is 0.269. The van der Waals surface area contributed by atoms with Gasteiger partial charge in [-0.2, -0.15) is 0 Å². The highest BCUT2D eigenvalue weighted by Crippen LogP contribution is 2.37. The molecular weight excluding hydrogens is 406 g/mol. The Hall–Kier alpha value is -2.82. The van der Waals surface area contributed by atoms with Crippen LogP contribution in [0.5, 0.6) is 5.75 Å². The first-order chi connectivity index (χ1) is 15.0. The lowest BCUT2D eigenvalue weighted by molar-refractivity contribution is 0.317. The Morgan fingerprint density at radius 3 is 2.55 bits per heavy atom. The van der Waals surface area contributed by atoms with Crippen molar-refractivity contribution in [2.75, 3.05) is 27.7 Å². The van der Waals surface area contributed by atoms with Crippen LogP contribution in [0.2, 0.25) is 5.02 Å². The lowest BCUT2D eigenvalue weighted by Gasteiger charge is -2.18. The molecule has 0 aliphatic rings. The van der Waals surface area contributed by atoms with Crippen LogP contribution in [-0.4, -0.2) is 42.2 Å². The standard InChI is InChI=1S/C26H28ClN3O/c1-18(15-29(2)3)16-30-17-24(23-9-6-10-25(31-4)26(23)30)21-11-20(13-28-14-21)19-7-5-8-22(27)12-19/h5-14,17-18H,15-16H2,1-4H3. The van der Waals surface area contributed by atoms with E-state index in [4.69, 9.17) is 16.3 Å². The molecule has 31 heavy (non-hydrogen) atoms. The Kier molecular flexibility index (Phi) is 6.30. The molecule has 160 valence electrons. The zero-order valence-electron chi connectivity index (χ0n) is 18.5. The van der Waals surface area contributed by atoms with Crippen LogP contribution >= 0.6 is 11.6 Å². The number of fused-ring (bicyclic) bond motifs is 1. The number of para-hydroxylation sites is 1. The number of benzene rings is 2. The number of halogens is 1. The van der Waals surface area contributed by atoms with Crippen molar-refractivity contribution in [1.29, 1.82) is 0 Å². The Bertz CT molecular complexity index is 1200. The molecule has 0 saturated carbocycles. The number of nitrogens with zero attached hydrogens (tertiary/aromatic N) is 3. The van der Waals surface area contributed by atoms with Crippen molar-refractivity contribution in [3.8, 4) is 28.0 Å². The van der Waals surface area contributed by atoms with Gasteiger partial charge in [0.25, 0.3) is 0 Å². The number of hydrogen-bond acceptors (Lipinski definition) is 3. The maximum absolute atomic E-state index is 6.21. The molecule has 0 radical (unpaired) electrons. The summed E-state index contributed by atoms with van der Waals surface area (Å²) in [5, 5.41) is 1.89. The van der Waals surface area contributed by atoms with Gasteiger partial charge in [0.1, 0.15) is 5.75 Å². The minimum atomic E-state index is 0.499. The molecule has 4 aromatic rings. The molecule has 4 nitrogen and oxygen atoms in total. The van der Waals surface area contributed by atoms with Crippen LogP contribution in [-0.2, 0) is 6.54 Å². The summed E-state index contributed by atoms with van der Waals surface area (Å²) in [6, 6.07) is 16.3. The van der Waals surface area contributed by atoms with Crippen LogP contribution in [0.3, 0.4) is 0 Å². The van der Waals surface area contributed by atoms with Gasteiger partial charge in [-0.25, -0.2) is 0 Å². The summed E-state index contributed by atoms with van der Waals surface area (Å²) in [6.45, 7) is 4.22. The van der Waals surface area contributed by atoms with E-state index in [1.807, 2.05) is 42.7 Å². The van der Waals surface area contributed by atoms with Gasteiger partial charge in [-0.3, -0.25) is 4.98 Å². The SMILES string of the molecule is COc1cccc2c(-c3cncc(-c4cccc(Cl)c4)c3)cn(CC(C)CN(C)C)c12. The second-order valence-corrected chi connectivity index (χ2v) is 8.83. The number of methoxy groups -OCH3 is 1. The largest absolute Gasteiger partial charge is 0.495 e. The average molecular weight is 434 g/mol. The molecule has 0 spiro atoms. The van der Waals surface area contributed by atoms with Gasteiger partial charge in [0, 0.05) is 58.8 Å². The highest BCUT2D eigenvalue weighted by molar-refractivity contribution is 6.30. The maximum atomic E-state index is 6.21. The van der Waals surface area contributed by atoms with Crippen LogP contribution in [0.15, 0.2) is 67.1 Å². The topological polar surface area (TPSA) is 30.3 Å². The summed E-state index contributed by atoms with van der Waals surface area (Å²) < 4.78 is 8.05. The van der Waals surface area contributed by atoms with Gasteiger partial charge in [-0.15, -0.1) is 0 Å². The van der Waals surface area contributed by atoms with E-state index >= 15 is 0 Å². The van der Waals surface area contributed by atoms with Gasteiger partial charge in [0.05, 0.1) is 12.6 Å². The van der Waals surface area contributed by atoms with Crippen molar-refractivity contribution in [3.63, 3.8) is 0 Å². The van der Waals surface area contributed by atoms with E-state index in [1.54, 1.807) is 7.11 Å². The Morgan fingerprint density at radius 2 is 1.81 bits per heavy atom. The van der Waals surface area contributed by atoms with E-state index in [0.29, 0.717) is 5.92 Å². The molecule has 0 aliphatic carbocycles. The molecule has 1 unspecified atom stereocenters. The number of pyridine rings is 1. The van der Waals surface area contributed by atoms with Gasteiger partial charge < -0.3 is 14.2 Å². The van der Waals surface area contributed by atoms with Crippen molar-refractivity contribution in [1.82, 2.24) is 14.5 Å². The first-order valence-electron chi connectivity index (χ1n) is 10.5. The summed E-state index contributed by atoms with van der Waals surface area (Å²) in [4.78, 5) is 6.76. The Balaban J connectivity index is 1.82. The zero-order valence-corrected chi connectivity index (χ0v) is 19.2. The van der Waals surface area contributed by atoms with E-state index in [-0.39, 0.29) is 0 Å². The smallest absolute Gasteiger partial charge is 0.143 e. The quantitative estimate of drug-likeness (QED) is 0.346. The summed E-state index contributed by atoms with van der Waals surface area (Å²) in [6.07, 6.45) is 6.04. The third-order valence-corrected chi connectivity index (χ3v) is 5.71. The number of hydrogen-bond donors (Lipinski definition) is 0. The molecule has 0 aliphatic heterocycles. The second-order valence-electron chi connectivity index (χ2n) is 8.39. The molecule has 1 atom stereocenters. The molecule has 0 amide bonds. The molecule has 2 heterocycles. The Labute approximate surface area is 189 Å². The third kappa shape index (κ3) is 4.60. The van der Waals surface area contributed by atoms with Crippen LogP contribution in [0.1, 0.15) is 6.92 Å². The van der Waals surface area contributed by atoms with Gasteiger partial charge in [0.2, 0.25) is 0 Å². The van der Waals surface area contributed by atoms with E-state index in [1.165, 1.54) is 5.39 Å². The highest BCUT2D eigenvalue weighted by atomic mass is 35.5. The zero-order chi connectivity index (χ0) is 22.0. The van der Waals surface area contributed by atoms with E-state index in [0.717, 1.165) is 51.6 Å². The second kappa shape index (κ2) is 9.13. The third-order valence-electron chi connectivity index (χ3n) is 5.47. The molecule has 0 fully saturated rings. The monoisotopic (exact) mass is 433 g/mol. The minimum absolute atomic E-state index is 0.499. The first kappa shape index (κ1) is 21.4. The summed E-state index contributed by atoms with van der Waals surface area (Å²) in [5.41, 5.74) is 5.46. The molecule has 2 aromatic heterocycles. The van der Waals surface area contributed by atoms with Crippen molar-refractivity contribution in [2.24, 2.45) is 5.92 Å². The fourth-order valence-corrected chi connectivity index (χ4v) is 4.48. The summed E-state index contributed by atoms with van der Waals surface area (Å²) >= 11 is 6.21. The lowest BCUT2D eigenvalue weighted by Crippen LogP contribution is -2.22. The minimum Gasteiger partial charge on any atom is -0.495 e. The average Bonchev–Trinajstić information content (AvgIpc) is 3.12. The number of rotatable bonds is 7. The van der Waals surface area contributed by atoms with Gasteiger partial charge in [-0.05, 0) is 49.8 Å². The summed E-state index contributed by atoms with van der Waals surface area (Å²) in [5.74, 6) is 1.39. The molecule has 0 saturated heterocycles. The van der Waals surface area contributed by atoms with E-state index in [9.17, 15) is 0 Å². The molecule has 0 N–H and O–H groups in total. The van der Waals surface area contributed by atoms with Crippen molar-refractivity contribution < 1.29 is 4.74 Å². The highest BCUT2D eigenvalue weighted by Gasteiger charge is 2.17. The molecule has 4 rings (SSSR count). The Morgan fingerprint density at radius 1 is 1.03 bits per heavy atom. The van der Waals surface area contributed by atoms with Crippen molar-refractivity contribution >= 4 is 22.5 Å². The number of aromatic nitrogens is 2. The molecule has 2 aromatic carbocycles. The van der Waals surface area contributed by atoms with E-state index < -0.39 is 0 Å². The maximum Gasteiger partial charge on any atom is 0.143 e. The van der Waals surface area contributed by atoms with Gasteiger partial charge in [0.15, 0.2) is 0 Å². The van der Waals surface area contributed by atoms with Crippen LogP contribution in [0.4, 0.5) is 0 Å². The van der Waals surface area contributed by atoms with Crippen molar-refractivity contribution in [2.45, 2.75) is 13.5 Å². The predicted molar refractivity (Wildman–Crippen MR) is 130 cm³/mol. The fourth-order valence-electron chi connectivity index (χ4n) is 4.29. The van der Waals surface area contributed by atoms with Gasteiger partial charge >= 0.3 is 0 Å². The first-order valence-corrected chi connectivity index (χ1v) is 10.9. The van der Waals surface area contributed by atoms with Crippen molar-refractivity contribution in [3.05, 3.63) is 72.1 Å². The number of ether oxygens (including phenoxy) is 1. The van der Waals surface area contributed by atoms with E-state index in [2.05, 4.69) is 59.9 Å². The molecule has 0 bridgehead atoms.